The first kappa shape index (κ1) is 16.3. The van der Waals surface area contributed by atoms with E-state index in [0.717, 1.165) is 25.0 Å². The first-order chi connectivity index (χ1) is 9.49. The second-order valence-electron chi connectivity index (χ2n) is 4.13. The molecule has 0 unspecified atom stereocenters. The van der Waals surface area contributed by atoms with E-state index in [2.05, 4.69) is 0 Å². The summed E-state index contributed by atoms with van der Waals surface area (Å²) in [4.78, 5) is 0. The Kier molecular flexibility index (Phi) is 6.32. The summed E-state index contributed by atoms with van der Waals surface area (Å²) in [5.74, 6) is 0.0791. The van der Waals surface area contributed by atoms with Crippen LogP contribution < -0.4 is 4.74 Å². The van der Waals surface area contributed by atoms with Crippen molar-refractivity contribution < 1.29 is 22.6 Å². The molecule has 3 nitrogen and oxygen atoms in total. The van der Waals surface area contributed by atoms with E-state index in [1.807, 2.05) is 6.92 Å². The number of unbranched alkanes of at least 4 members (excludes halogenated alkanes) is 1. The van der Waals surface area contributed by atoms with Crippen LogP contribution in [0.5, 0.6) is 5.75 Å². The highest BCUT2D eigenvalue weighted by Gasteiger charge is 2.34. The molecule has 0 spiro atoms. The third kappa shape index (κ3) is 5.10. The zero-order chi connectivity index (χ0) is 15.0. The van der Waals surface area contributed by atoms with Crippen LogP contribution in [0.25, 0.3) is 0 Å². The predicted molar refractivity (Wildman–Crippen MR) is 67.4 cm³/mol. The topological polar surface area (TPSA) is 42.2 Å². The zero-order valence-corrected chi connectivity index (χ0v) is 11.2. The molecule has 0 atom stereocenters. The maximum absolute atomic E-state index is 12.7. The fourth-order valence-electron chi connectivity index (χ4n) is 1.51. The van der Waals surface area contributed by atoms with Gasteiger partial charge in [0.2, 0.25) is 0 Å². The van der Waals surface area contributed by atoms with Crippen LogP contribution in [0.15, 0.2) is 18.2 Å². The third-order valence-corrected chi connectivity index (χ3v) is 2.56. The summed E-state index contributed by atoms with van der Waals surface area (Å²) in [5.41, 5.74) is -1.39. The number of halogens is 3. The van der Waals surface area contributed by atoms with Crippen molar-refractivity contribution in [1.29, 1.82) is 5.26 Å². The molecule has 0 aromatic heterocycles. The minimum atomic E-state index is -4.57. The first-order valence-corrected chi connectivity index (χ1v) is 6.31. The molecule has 0 bridgehead atoms. The quantitative estimate of drug-likeness (QED) is 0.717. The number of ether oxygens (including phenoxy) is 2. The van der Waals surface area contributed by atoms with Gasteiger partial charge in [-0.2, -0.15) is 18.4 Å². The van der Waals surface area contributed by atoms with Crippen LogP contribution in [0.3, 0.4) is 0 Å². The Morgan fingerprint density at radius 1 is 1.20 bits per heavy atom. The van der Waals surface area contributed by atoms with Crippen molar-refractivity contribution in [1.82, 2.24) is 0 Å². The third-order valence-electron chi connectivity index (χ3n) is 2.56. The van der Waals surface area contributed by atoms with Crippen LogP contribution in [0, 0.1) is 11.3 Å². The van der Waals surface area contributed by atoms with Gasteiger partial charge in [-0.15, -0.1) is 0 Å². The van der Waals surface area contributed by atoms with Crippen LogP contribution in [0.1, 0.15) is 30.9 Å². The molecule has 0 saturated heterocycles. The number of nitriles is 1. The molecule has 0 N–H and O–H groups in total. The molecule has 0 aliphatic rings. The van der Waals surface area contributed by atoms with Gasteiger partial charge in [-0.25, -0.2) is 0 Å². The largest absolute Gasteiger partial charge is 0.491 e. The van der Waals surface area contributed by atoms with E-state index in [9.17, 15) is 13.2 Å². The summed E-state index contributed by atoms with van der Waals surface area (Å²) in [7, 11) is 0. The molecule has 1 aromatic rings. The predicted octanol–water partition coefficient (Wildman–Crippen LogP) is 3.77. The van der Waals surface area contributed by atoms with Gasteiger partial charge in [-0.1, -0.05) is 13.3 Å². The fourth-order valence-corrected chi connectivity index (χ4v) is 1.51. The monoisotopic (exact) mass is 287 g/mol. The van der Waals surface area contributed by atoms with Crippen LogP contribution in [0.2, 0.25) is 0 Å². The van der Waals surface area contributed by atoms with Crippen molar-refractivity contribution in [3.63, 3.8) is 0 Å². The van der Waals surface area contributed by atoms with E-state index in [-0.39, 0.29) is 12.4 Å². The van der Waals surface area contributed by atoms with Gasteiger partial charge in [0.05, 0.1) is 23.8 Å². The van der Waals surface area contributed by atoms with Crippen molar-refractivity contribution in [2.24, 2.45) is 0 Å². The number of nitrogens with zero attached hydrogens (tertiary/aromatic N) is 1. The Morgan fingerprint density at radius 2 is 1.95 bits per heavy atom. The summed E-state index contributed by atoms with van der Waals surface area (Å²) >= 11 is 0. The Labute approximate surface area is 115 Å². The summed E-state index contributed by atoms with van der Waals surface area (Å²) in [6.45, 7) is 3.14. The van der Waals surface area contributed by atoms with Gasteiger partial charge in [0.1, 0.15) is 12.4 Å². The molecule has 1 rings (SSSR count). The van der Waals surface area contributed by atoms with Gasteiger partial charge in [-0.05, 0) is 24.6 Å². The van der Waals surface area contributed by atoms with Gasteiger partial charge in [0.15, 0.2) is 0 Å². The van der Waals surface area contributed by atoms with Gasteiger partial charge in [0.25, 0.3) is 0 Å². The standard InChI is InChI=1S/C14H16F3NO2/c1-2-3-6-19-7-8-20-12-5-4-11(10-18)13(9-12)14(15,16)17/h4-5,9H,2-3,6-8H2,1H3. The SMILES string of the molecule is CCCCOCCOc1ccc(C#N)c(C(F)(F)F)c1. The second-order valence-corrected chi connectivity index (χ2v) is 4.13. The molecule has 0 fully saturated rings. The lowest BCUT2D eigenvalue weighted by Gasteiger charge is -2.12. The van der Waals surface area contributed by atoms with Gasteiger partial charge in [-0.3, -0.25) is 0 Å². The molecule has 0 amide bonds. The van der Waals surface area contributed by atoms with E-state index < -0.39 is 17.3 Å². The van der Waals surface area contributed by atoms with Crippen LogP contribution >= 0.6 is 0 Å². The van der Waals surface area contributed by atoms with Crippen molar-refractivity contribution in [3.8, 4) is 11.8 Å². The first-order valence-electron chi connectivity index (χ1n) is 6.31. The number of rotatable bonds is 7. The van der Waals surface area contributed by atoms with E-state index >= 15 is 0 Å². The average Bonchev–Trinajstić information content (AvgIpc) is 2.41. The Bertz CT molecular complexity index is 466. The van der Waals surface area contributed by atoms with Crippen molar-refractivity contribution in [2.75, 3.05) is 19.8 Å². The summed E-state index contributed by atoms with van der Waals surface area (Å²) < 4.78 is 48.6. The Balaban J connectivity index is 2.58. The molecule has 0 aliphatic heterocycles. The molecule has 6 heteroatoms. The van der Waals surface area contributed by atoms with Crippen molar-refractivity contribution in [3.05, 3.63) is 29.3 Å². The van der Waals surface area contributed by atoms with E-state index in [4.69, 9.17) is 14.7 Å². The fraction of sp³-hybridized carbons (Fsp3) is 0.500. The molecule has 0 radical (unpaired) electrons. The molecule has 0 heterocycles. The lowest BCUT2D eigenvalue weighted by atomic mass is 10.1. The van der Waals surface area contributed by atoms with Gasteiger partial charge >= 0.3 is 6.18 Å². The molecule has 110 valence electrons. The smallest absolute Gasteiger partial charge is 0.417 e. The highest BCUT2D eigenvalue weighted by atomic mass is 19.4. The lowest BCUT2D eigenvalue weighted by Crippen LogP contribution is -2.10. The molecule has 0 saturated carbocycles. The summed E-state index contributed by atoms with van der Waals surface area (Å²) in [6.07, 6.45) is -2.61. The normalized spacial score (nSPS) is 11.2. The Morgan fingerprint density at radius 3 is 2.55 bits per heavy atom. The number of benzene rings is 1. The average molecular weight is 287 g/mol. The van der Waals surface area contributed by atoms with Gasteiger partial charge in [0, 0.05) is 6.61 Å². The van der Waals surface area contributed by atoms with E-state index in [0.29, 0.717) is 13.2 Å². The maximum atomic E-state index is 12.7. The zero-order valence-electron chi connectivity index (χ0n) is 11.2. The number of hydrogen-bond donors (Lipinski definition) is 0. The minimum absolute atomic E-state index is 0.0791. The van der Waals surface area contributed by atoms with E-state index in [1.54, 1.807) is 0 Å². The van der Waals surface area contributed by atoms with Crippen LogP contribution in [0.4, 0.5) is 13.2 Å². The van der Waals surface area contributed by atoms with Gasteiger partial charge < -0.3 is 9.47 Å². The lowest BCUT2D eigenvalue weighted by molar-refractivity contribution is -0.137. The van der Waals surface area contributed by atoms with Crippen molar-refractivity contribution in [2.45, 2.75) is 25.9 Å². The minimum Gasteiger partial charge on any atom is -0.491 e. The van der Waals surface area contributed by atoms with Crippen LogP contribution in [-0.2, 0) is 10.9 Å². The summed E-state index contributed by atoms with van der Waals surface area (Å²) in [6, 6.07) is 4.81. The molecular formula is C14H16F3NO2. The van der Waals surface area contributed by atoms with Crippen LogP contribution in [-0.4, -0.2) is 19.8 Å². The Hall–Kier alpha value is -1.74. The molecule has 20 heavy (non-hydrogen) atoms. The molecule has 1 aromatic carbocycles. The number of hydrogen-bond acceptors (Lipinski definition) is 3. The second kappa shape index (κ2) is 7.75. The van der Waals surface area contributed by atoms with E-state index in [1.165, 1.54) is 12.1 Å². The number of alkyl halides is 3. The van der Waals surface area contributed by atoms with Crippen molar-refractivity contribution >= 4 is 0 Å². The highest BCUT2D eigenvalue weighted by molar-refractivity contribution is 5.44. The molecular weight excluding hydrogens is 271 g/mol. The summed E-state index contributed by atoms with van der Waals surface area (Å²) in [5, 5.41) is 8.66. The maximum Gasteiger partial charge on any atom is 0.417 e. The highest BCUT2D eigenvalue weighted by Crippen LogP contribution is 2.34. The molecule has 0 aliphatic carbocycles.